The molecule has 0 unspecified atom stereocenters. The second kappa shape index (κ2) is 6.29. The van der Waals surface area contributed by atoms with Gasteiger partial charge in [0, 0.05) is 20.1 Å². The van der Waals surface area contributed by atoms with Crippen molar-refractivity contribution < 1.29 is 0 Å². The van der Waals surface area contributed by atoms with Crippen LogP contribution in [0.5, 0.6) is 0 Å². The molecule has 0 fully saturated rings. The topological polar surface area (TPSA) is 41.0 Å². The molecule has 1 aromatic carbocycles. The predicted octanol–water partition coefficient (Wildman–Crippen LogP) is 2.14. The van der Waals surface area contributed by atoms with Gasteiger partial charge in [-0.2, -0.15) is 5.10 Å². The van der Waals surface area contributed by atoms with Crippen LogP contribution >= 0.6 is 0 Å². The van der Waals surface area contributed by atoms with Crippen molar-refractivity contribution in [2.75, 3.05) is 19.0 Å². The van der Waals surface area contributed by atoms with E-state index in [1.807, 2.05) is 26.2 Å². The first-order valence-electron chi connectivity index (χ1n) is 6.43. The number of hydrogen-bond acceptors (Lipinski definition) is 4. The first-order chi connectivity index (χ1) is 9.20. The van der Waals surface area contributed by atoms with Crippen LogP contribution in [0.4, 0.5) is 5.82 Å². The molecule has 4 heteroatoms. The van der Waals surface area contributed by atoms with E-state index in [2.05, 4.69) is 51.6 Å². The molecule has 2 aromatic rings. The van der Waals surface area contributed by atoms with Gasteiger partial charge >= 0.3 is 0 Å². The highest BCUT2D eigenvalue weighted by Gasteiger charge is 2.06. The molecule has 0 spiro atoms. The number of hydrogen-bond donors (Lipinski definition) is 1. The molecule has 2 rings (SSSR count). The Morgan fingerprint density at radius 3 is 2.53 bits per heavy atom. The fourth-order valence-electron chi connectivity index (χ4n) is 1.96. The molecule has 0 atom stereocenters. The van der Waals surface area contributed by atoms with E-state index in [0.717, 1.165) is 24.6 Å². The fraction of sp³-hybridized carbons (Fsp3) is 0.333. The zero-order valence-electron chi connectivity index (χ0n) is 11.7. The van der Waals surface area contributed by atoms with Gasteiger partial charge in [-0.15, -0.1) is 5.10 Å². The van der Waals surface area contributed by atoms with Gasteiger partial charge in [0.15, 0.2) is 5.82 Å². The largest absolute Gasteiger partial charge is 0.354 e. The highest BCUT2D eigenvalue weighted by Crippen LogP contribution is 2.14. The molecule has 1 heterocycles. The Hall–Kier alpha value is -1.94. The number of nitrogens with one attached hydrogen (secondary N) is 1. The summed E-state index contributed by atoms with van der Waals surface area (Å²) in [6.45, 7) is 3.71. The summed E-state index contributed by atoms with van der Waals surface area (Å²) in [4.78, 5) is 2.11. The Kier molecular flexibility index (Phi) is 4.47. The van der Waals surface area contributed by atoms with E-state index >= 15 is 0 Å². The van der Waals surface area contributed by atoms with Crippen molar-refractivity contribution in [3.05, 3.63) is 53.2 Å². The summed E-state index contributed by atoms with van der Waals surface area (Å²) in [5.41, 5.74) is 3.57. The van der Waals surface area contributed by atoms with Gasteiger partial charge in [0.2, 0.25) is 0 Å². The minimum atomic E-state index is 0.745. The molecule has 19 heavy (non-hydrogen) atoms. The van der Waals surface area contributed by atoms with Gasteiger partial charge in [0.25, 0.3) is 0 Å². The summed E-state index contributed by atoms with van der Waals surface area (Å²) in [6.07, 6.45) is 0. The Bertz CT molecular complexity index is 522. The van der Waals surface area contributed by atoms with Crippen molar-refractivity contribution >= 4 is 5.82 Å². The number of aromatic nitrogens is 2. The van der Waals surface area contributed by atoms with Gasteiger partial charge in [-0.05, 0) is 37.2 Å². The monoisotopic (exact) mass is 256 g/mol. The van der Waals surface area contributed by atoms with Crippen LogP contribution in [-0.4, -0.2) is 24.3 Å². The summed E-state index contributed by atoms with van der Waals surface area (Å²) in [5.74, 6) is 0.892. The van der Waals surface area contributed by atoms with Crippen LogP contribution in [0.3, 0.4) is 0 Å². The van der Waals surface area contributed by atoms with Gasteiger partial charge in [-0.3, -0.25) is 0 Å². The number of nitrogens with zero attached hydrogens (tertiary/aromatic N) is 3. The van der Waals surface area contributed by atoms with Crippen molar-refractivity contribution in [1.29, 1.82) is 0 Å². The quantitative estimate of drug-likeness (QED) is 0.890. The van der Waals surface area contributed by atoms with Crippen LogP contribution in [0.2, 0.25) is 0 Å². The Morgan fingerprint density at radius 2 is 1.89 bits per heavy atom. The first-order valence-corrected chi connectivity index (χ1v) is 6.43. The third kappa shape index (κ3) is 3.51. The van der Waals surface area contributed by atoms with Crippen molar-refractivity contribution in [1.82, 2.24) is 15.5 Å². The number of benzene rings is 1. The standard InChI is InChI=1S/C15H20N4/c1-12-6-4-5-7-13(12)11-19(3)15-9-8-14(10-16-2)17-18-15/h4-9,16H,10-11H2,1-3H3. The van der Waals surface area contributed by atoms with Crippen LogP contribution in [-0.2, 0) is 13.1 Å². The van der Waals surface area contributed by atoms with Crippen LogP contribution in [0.25, 0.3) is 0 Å². The lowest BCUT2D eigenvalue weighted by Crippen LogP contribution is -2.19. The Labute approximate surface area is 114 Å². The summed E-state index contributed by atoms with van der Waals surface area (Å²) in [5, 5.41) is 11.5. The van der Waals surface area contributed by atoms with Gasteiger partial charge in [-0.1, -0.05) is 24.3 Å². The fourth-order valence-corrected chi connectivity index (χ4v) is 1.96. The minimum Gasteiger partial charge on any atom is -0.354 e. The molecule has 1 aromatic heterocycles. The second-order valence-electron chi connectivity index (χ2n) is 4.70. The molecule has 0 saturated carbocycles. The zero-order chi connectivity index (χ0) is 13.7. The lowest BCUT2D eigenvalue weighted by atomic mass is 10.1. The highest BCUT2D eigenvalue weighted by atomic mass is 15.2. The molecule has 0 amide bonds. The smallest absolute Gasteiger partial charge is 0.151 e. The lowest BCUT2D eigenvalue weighted by molar-refractivity contribution is 0.759. The van der Waals surface area contributed by atoms with Crippen LogP contribution in [0, 0.1) is 6.92 Å². The predicted molar refractivity (Wildman–Crippen MR) is 78.1 cm³/mol. The van der Waals surface area contributed by atoms with Gasteiger partial charge in [0.1, 0.15) is 0 Å². The molecule has 4 nitrogen and oxygen atoms in total. The third-order valence-corrected chi connectivity index (χ3v) is 3.12. The lowest BCUT2D eigenvalue weighted by Gasteiger charge is -2.19. The van der Waals surface area contributed by atoms with E-state index < -0.39 is 0 Å². The van der Waals surface area contributed by atoms with Crippen molar-refractivity contribution in [3.63, 3.8) is 0 Å². The molecule has 0 aliphatic carbocycles. The highest BCUT2D eigenvalue weighted by molar-refractivity contribution is 5.39. The molecule has 0 bridgehead atoms. The van der Waals surface area contributed by atoms with Crippen LogP contribution < -0.4 is 10.2 Å². The molecular weight excluding hydrogens is 236 g/mol. The third-order valence-electron chi connectivity index (χ3n) is 3.12. The van der Waals surface area contributed by atoms with Gasteiger partial charge in [-0.25, -0.2) is 0 Å². The van der Waals surface area contributed by atoms with Crippen LogP contribution in [0.1, 0.15) is 16.8 Å². The average Bonchev–Trinajstić information content (AvgIpc) is 2.42. The SMILES string of the molecule is CNCc1ccc(N(C)Cc2ccccc2C)nn1. The molecule has 0 saturated heterocycles. The van der Waals surface area contributed by atoms with E-state index in [-0.39, 0.29) is 0 Å². The molecule has 0 aliphatic heterocycles. The summed E-state index contributed by atoms with van der Waals surface area (Å²) >= 11 is 0. The van der Waals surface area contributed by atoms with E-state index in [4.69, 9.17) is 0 Å². The van der Waals surface area contributed by atoms with E-state index in [0.29, 0.717) is 0 Å². The first kappa shape index (κ1) is 13.5. The van der Waals surface area contributed by atoms with E-state index in [1.54, 1.807) is 0 Å². The van der Waals surface area contributed by atoms with Crippen molar-refractivity contribution in [2.45, 2.75) is 20.0 Å². The van der Waals surface area contributed by atoms with E-state index in [9.17, 15) is 0 Å². The number of aryl methyl sites for hydroxylation is 1. The summed E-state index contributed by atoms with van der Waals surface area (Å²) < 4.78 is 0. The zero-order valence-corrected chi connectivity index (χ0v) is 11.7. The van der Waals surface area contributed by atoms with Crippen molar-refractivity contribution in [3.8, 4) is 0 Å². The molecule has 0 radical (unpaired) electrons. The molecule has 0 aliphatic rings. The van der Waals surface area contributed by atoms with Crippen LogP contribution in [0.15, 0.2) is 36.4 Å². The normalized spacial score (nSPS) is 10.5. The maximum Gasteiger partial charge on any atom is 0.151 e. The number of rotatable bonds is 5. The number of anilines is 1. The maximum absolute atomic E-state index is 4.26. The summed E-state index contributed by atoms with van der Waals surface area (Å²) in [6, 6.07) is 12.4. The minimum absolute atomic E-state index is 0.745. The van der Waals surface area contributed by atoms with Gasteiger partial charge < -0.3 is 10.2 Å². The van der Waals surface area contributed by atoms with Crippen molar-refractivity contribution in [2.24, 2.45) is 0 Å². The maximum atomic E-state index is 4.26. The van der Waals surface area contributed by atoms with Gasteiger partial charge in [0.05, 0.1) is 5.69 Å². The second-order valence-corrected chi connectivity index (χ2v) is 4.70. The molecular formula is C15H20N4. The van der Waals surface area contributed by atoms with E-state index in [1.165, 1.54) is 11.1 Å². The average molecular weight is 256 g/mol. The molecule has 100 valence electrons. The molecule has 1 N–H and O–H groups in total. The Morgan fingerprint density at radius 1 is 1.11 bits per heavy atom. The Balaban J connectivity index is 2.07. The summed E-state index contributed by atoms with van der Waals surface area (Å²) in [7, 11) is 3.94.